The predicted octanol–water partition coefficient (Wildman–Crippen LogP) is 2.53. The average Bonchev–Trinajstić information content (AvgIpc) is 2.97. The van der Waals surface area contributed by atoms with Gasteiger partial charge in [-0.05, 0) is 18.8 Å². The van der Waals surface area contributed by atoms with Gasteiger partial charge >= 0.3 is 24.4 Å². The minimum atomic E-state index is -6.08. The smallest absolute Gasteiger partial charge is 0.464 e. The Kier molecular flexibility index (Phi) is 4.14. The molecule has 4 unspecified atom stereocenters. The fourth-order valence-corrected chi connectivity index (χ4v) is 2.74. The van der Waals surface area contributed by atoms with E-state index < -0.39 is 36.4 Å². The predicted molar refractivity (Wildman–Crippen MR) is 57.2 cm³/mol. The molecule has 0 heterocycles. The molecule has 1 fully saturated rings. The van der Waals surface area contributed by atoms with Gasteiger partial charge < -0.3 is 9.47 Å². The average molecular weight is 332 g/mol. The number of esters is 1. The Balaban J connectivity index is 2.16. The van der Waals surface area contributed by atoms with Crippen LogP contribution in [0.15, 0.2) is 11.6 Å². The third-order valence-corrected chi connectivity index (χ3v) is 3.73. The molecule has 0 aromatic heterocycles. The summed E-state index contributed by atoms with van der Waals surface area (Å²) in [6.45, 7) is 0.114. The number of allylic oxidation sites excluding steroid dienone is 1. The molecule has 4 atom stereocenters. The molecule has 0 radical (unpaired) electrons. The highest BCUT2D eigenvalue weighted by molar-refractivity contribution is 5.90. The van der Waals surface area contributed by atoms with Crippen LogP contribution in [0.3, 0.4) is 0 Å². The maximum Gasteiger partial charge on any atom is 0.466 e. The second-order valence-electron chi connectivity index (χ2n) is 5.06. The number of halogens is 6. The summed E-state index contributed by atoms with van der Waals surface area (Å²) in [5.41, 5.74) is -0.380. The van der Waals surface area contributed by atoms with Gasteiger partial charge in [0.1, 0.15) is 6.10 Å². The molecule has 0 aromatic carbocycles. The van der Waals surface area contributed by atoms with E-state index in [2.05, 4.69) is 9.47 Å². The van der Waals surface area contributed by atoms with Crippen molar-refractivity contribution in [3.05, 3.63) is 11.6 Å². The van der Waals surface area contributed by atoms with Crippen molar-refractivity contribution < 1.29 is 45.4 Å². The Bertz CT molecular complexity index is 502. The van der Waals surface area contributed by atoms with Gasteiger partial charge in [-0.1, -0.05) is 6.08 Å². The molecule has 2 aliphatic rings. The standard InChI is InChI=1S/C12H10F6O4/c13-10(14)11(15,12(16,17)18)22-9(20)7-2-5-1-6(7)8(3-5)21-4-19/h2,4-6,8,10H,1,3H2. The molecule has 0 amide bonds. The van der Waals surface area contributed by atoms with Gasteiger partial charge in [-0.3, -0.25) is 4.79 Å². The molecule has 0 saturated heterocycles. The van der Waals surface area contributed by atoms with E-state index in [1.165, 1.54) is 6.08 Å². The molecule has 0 aliphatic heterocycles. The minimum absolute atomic E-state index is 0.114. The maximum atomic E-state index is 13.4. The van der Waals surface area contributed by atoms with Crippen molar-refractivity contribution in [2.75, 3.05) is 0 Å². The Morgan fingerprint density at radius 2 is 1.91 bits per heavy atom. The summed E-state index contributed by atoms with van der Waals surface area (Å²) >= 11 is 0. The van der Waals surface area contributed by atoms with Crippen LogP contribution in [0.5, 0.6) is 0 Å². The highest BCUT2D eigenvalue weighted by atomic mass is 19.4. The fraction of sp³-hybridized carbons (Fsp3) is 0.667. The van der Waals surface area contributed by atoms with Crippen molar-refractivity contribution in [1.29, 1.82) is 0 Å². The zero-order chi connectivity index (χ0) is 16.7. The third kappa shape index (κ3) is 2.66. The van der Waals surface area contributed by atoms with Gasteiger partial charge in [-0.15, -0.1) is 0 Å². The van der Waals surface area contributed by atoms with Crippen LogP contribution >= 0.6 is 0 Å². The summed E-state index contributed by atoms with van der Waals surface area (Å²) in [6.07, 6.45) is -9.54. The number of alkyl halides is 6. The van der Waals surface area contributed by atoms with Gasteiger partial charge in [0.2, 0.25) is 0 Å². The Labute approximate surface area is 120 Å². The number of ether oxygens (including phenoxy) is 2. The summed E-state index contributed by atoms with van der Waals surface area (Å²) in [5, 5.41) is 0. The van der Waals surface area contributed by atoms with E-state index in [0.29, 0.717) is 12.8 Å². The first-order valence-electron chi connectivity index (χ1n) is 6.18. The van der Waals surface area contributed by atoms with Crippen LogP contribution in [0.4, 0.5) is 26.3 Å². The monoisotopic (exact) mass is 332 g/mol. The molecule has 2 rings (SSSR count). The lowest BCUT2D eigenvalue weighted by Gasteiger charge is -2.28. The van der Waals surface area contributed by atoms with Gasteiger partial charge in [0.25, 0.3) is 6.47 Å². The topological polar surface area (TPSA) is 52.6 Å². The van der Waals surface area contributed by atoms with E-state index in [0.717, 1.165) is 0 Å². The summed E-state index contributed by atoms with van der Waals surface area (Å²) in [4.78, 5) is 21.9. The van der Waals surface area contributed by atoms with Crippen molar-refractivity contribution in [2.24, 2.45) is 11.8 Å². The number of carbonyl (C=O) groups is 2. The van der Waals surface area contributed by atoms with Crippen LogP contribution in [0.1, 0.15) is 12.8 Å². The summed E-state index contributed by atoms with van der Waals surface area (Å²) in [5.74, 6) is -8.25. The highest BCUT2D eigenvalue weighted by Gasteiger charge is 2.67. The van der Waals surface area contributed by atoms with Gasteiger partial charge in [0, 0.05) is 11.5 Å². The van der Waals surface area contributed by atoms with E-state index in [1.807, 2.05) is 0 Å². The largest absolute Gasteiger partial charge is 0.466 e. The molecule has 4 nitrogen and oxygen atoms in total. The molecule has 0 spiro atoms. The molecule has 124 valence electrons. The van der Waals surface area contributed by atoms with Crippen molar-refractivity contribution in [3.8, 4) is 0 Å². The molecule has 22 heavy (non-hydrogen) atoms. The van der Waals surface area contributed by atoms with Gasteiger partial charge in [-0.2, -0.15) is 17.6 Å². The lowest BCUT2D eigenvalue weighted by atomic mass is 9.95. The molecule has 0 N–H and O–H groups in total. The van der Waals surface area contributed by atoms with Crippen LogP contribution in [0.2, 0.25) is 0 Å². The normalized spacial score (nSPS) is 30.0. The molecule has 2 aliphatic carbocycles. The van der Waals surface area contributed by atoms with Crippen LogP contribution in [0, 0.1) is 11.8 Å². The molecule has 0 aromatic rings. The zero-order valence-corrected chi connectivity index (χ0v) is 10.8. The van der Waals surface area contributed by atoms with E-state index >= 15 is 0 Å². The lowest BCUT2D eigenvalue weighted by molar-refractivity contribution is -0.354. The van der Waals surface area contributed by atoms with E-state index in [1.54, 1.807) is 0 Å². The number of fused-ring (bicyclic) bond motifs is 2. The maximum absolute atomic E-state index is 13.4. The van der Waals surface area contributed by atoms with E-state index in [9.17, 15) is 35.9 Å². The van der Waals surface area contributed by atoms with E-state index in [-0.39, 0.29) is 18.0 Å². The quantitative estimate of drug-likeness (QED) is 0.441. The first-order valence-corrected chi connectivity index (χ1v) is 6.18. The highest BCUT2D eigenvalue weighted by Crippen LogP contribution is 2.47. The number of carbonyl (C=O) groups excluding carboxylic acids is 2. The Morgan fingerprint density at radius 1 is 1.27 bits per heavy atom. The molecule has 1 saturated carbocycles. The van der Waals surface area contributed by atoms with Crippen molar-refractivity contribution in [1.82, 2.24) is 0 Å². The minimum Gasteiger partial charge on any atom is -0.464 e. The van der Waals surface area contributed by atoms with Crippen molar-refractivity contribution in [2.45, 2.75) is 37.4 Å². The molecule has 2 bridgehead atoms. The Hall–Kier alpha value is -1.74. The van der Waals surface area contributed by atoms with E-state index in [4.69, 9.17) is 0 Å². The van der Waals surface area contributed by atoms with Gasteiger partial charge in [-0.25, -0.2) is 13.6 Å². The summed E-state index contributed by atoms with van der Waals surface area (Å²) < 4.78 is 83.3. The molecule has 10 heteroatoms. The number of rotatable bonds is 5. The zero-order valence-electron chi connectivity index (χ0n) is 10.8. The SMILES string of the molecule is O=COC1CC2C=C(C(=O)OC(F)(C(F)F)C(F)(F)F)C1C2. The lowest BCUT2D eigenvalue weighted by Crippen LogP contribution is -2.51. The first kappa shape index (κ1) is 16.6. The van der Waals surface area contributed by atoms with Crippen LogP contribution in [-0.4, -0.2) is 37.0 Å². The second-order valence-corrected chi connectivity index (χ2v) is 5.06. The molecular formula is C12H10F6O4. The van der Waals surface area contributed by atoms with Gasteiger partial charge in [0.15, 0.2) is 0 Å². The van der Waals surface area contributed by atoms with Crippen LogP contribution < -0.4 is 0 Å². The van der Waals surface area contributed by atoms with Crippen molar-refractivity contribution in [3.63, 3.8) is 0 Å². The first-order chi connectivity index (χ1) is 10.1. The van der Waals surface area contributed by atoms with Crippen molar-refractivity contribution >= 4 is 12.4 Å². The Morgan fingerprint density at radius 3 is 2.36 bits per heavy atom. The third-order valence-electron chi connectivity index (χ3n) is 3.73. The number of hydrogen-bond donors (Lipinski definition) is 0. The van der Waals surface area contributed by atoms with Crippen LogP contribution in [-0.2, 0) is 19.1 Å². The number of hydrogen-bond acceptors (Lipinski definition) is 4. The summed E-state index contributed by atoms with van der Waals surface area (Å²) in [7, 11) is 0. The molecular weight excluding hydrogens is 322 g/mol. The fourth-order valence-electron chi connectivity index (χ4n) is 2.74. The summed E-state index contributed by atoms with van der Waals surface area (Å²) in [6, 6.07) is 0. The van der Waals surface area contributed by atoms with Crippen LogP contribution in [0.25, 0.3) is 0 Å². The second kappa shape index (κ2) is 5.47. The van der Waals surface area contributed by atoms with Gasteiger partial charge in [0.05, 0.1) is 0 Å².